The van der Waals surface area contributed by atoms with E-state index in [-0.39, 0.29) is 12.6 Å². The second-order valence-electron chi connectivity index (χ2n) is 7.12. The van der Waals surface area contributed by atoms with Crippen LogP contribution in [0.15, 0.2) is 30.3 Å². The number of esters is 1. The number of para-hydroxylation sites is 1. The van der Waals surface area contributed by atoms with Crippen molar-refractivity contribution in [3.05, 3.63) is 47.0 Å². The number of fused-ring (bicyclic) bond motifs is 5. The summed E-state index contributed by atoms with van der Waals surface area (Å²) in [4.78, 5) is 12.8. The lowest BCUT2D eigenvalue weighted by molar-refractivity contribution is 0.0498. The maximum Gasteiger partial charge on any atom is 0.411 e. The topological polar surface area (TPSA) is 61.8 Å². The lowest BCUT2D eigenvalue weighted by Gasteiger charge is -2.30. The molecule has 0 N–H and O–H groups in total. The van der Waals surface area contributed by atoms with Crippen LogP contribution >= 0.6 is 7.60 Å². The molecule has 0 fully saturated rings. The van der Waals surface area contributed by atoms with Crippen LogP contribution in [0.2, 0.25) is 0 Å². The maximum absolute atomic E-state index is 13.7. The predicted octanol–water partition coefficient (Wildman–Crippen LogP) is 5.05. The van der Waals surface area contributed by atoms with E-state index in [1.54, 1.807) is 13.0 Å². The summed E-state index contributed by atoms with van der Waals surface area (Å²) in [6, 6.07) is 9.29. The Morgan fingerprint density at radius 2 is 1.96 bits per heavy atom. The molecule has 1 atom stereocenters. The minimum atomic E-state index is -3.57. The zero-order valence-corrected chi connectivity index (χ0v) is 17.2. The molecule has 6 heteroatoms. The fourth-order valence-corrected chi connectivity index (χ4v) is 5.92. The van der Waals surface area contributed by atoms with Gasteiger partial charge in [0.2, 0.25) is 0 Å². The molecule has 1 heterocycles. The molecule has 4 rings (SSSR count). The van der Waals surface area contributed by atoms with Crippen molar-refractivity contribution in [2.24, 2.45) is 0 Å². The molecule has 2 aliphatic rings. The van der Waals surface area contributed by atoms with Crippen molar-refractivity contribution in [1.82, 2.24) is 0 Å². The van der Waals surface area contributed by atoms with Gasteiger partial charge in [0.25, 0.3) is 0 Å². The van der Waals surface area contributed by atoms with Gasteiger partial charge in [-0.25, -0.2) is 9.36 Å². The van der Waals surface area contributed by atoms with E-state index in [4.69, 9.17) is 13.8 Å². The molecule has 2 aromatic rings. The number of ether oxygens (including phenoxy) is 1. The van der Waals surface area contributed by atoms with Crippen molar-refractivity contribution < 1.29 is 23.1 Å². The van der Waals surface area contributed by atoms with E-state index in [1.807, 2.05) is 24.3 Å². The van der Waals surface area contributed by atoms with Crippen molar-refractivity contribution >= 4 is 18.9 Å². The number of unbranched alkanes of at least 4 members (excludes halogenated alkanes) is 1. The lowest BCUT2D eigenvalue weighted by Crippen LogP contribution is -2.24. The molecule has 0 bridgehead atoms. The summed E-state index contributed by atoms with van der Waals surface area (Å²) in [5.41, 5.74) is 4.42. The molecule has 0 aromatic heterocycles. The largest absolute Gasteiger partial charge is 0.462 e. The van der Waals surface area contributed by atoms with Gasteiger partial charge in [-0.05, 0) is 55.9 Å². The fraction of sp³-hybridized carbons (Fsp3) is 0.409. The van der Waals surface area contributed by atoms with Crippen LogP contribution in [0.1, 0.15) is 54.6 Å². The Hall–Kier alpha value is -2.10. The van der Waals surface area contributed by atoms with Crippen LogP contribution in [0.4, 0.5) is 0 Å². The highest BCUT2D eigenvalue weighted by atomic mass is 31.2. The molecule has 2 aromatic carbocycles. The van der Waals surface area contributed by atoms with Crippen molar-refractivity contribution in [3.8, 4) is 16.9 Å². The first-order valence-corrected chi connectivity index (χ1v) is 11.5. The van der Waals surface area contributed by atoms with Gasteiger partial charge in [0.15, 0.2) is 0 Å². The third kappa shape index (κ3) is 3.17. The summed E-state index contributed by atoms with van der Waals surface area (Å²) < 4.78 is 30.6. The zero-order valence-electron chi connectivity index (χ0n) is 16.3. The van der Waals surface area contributed by atoms with Crippen molar-refractivity contribution in [2.45, 2.75) is 46.0 Å². The summed E-state index contributed by atoms with van der Waals surface area (Å²) in [7, 11) is -3.57. The smallest absolute Gasteiger partial charge is 0.411 e. The van der Waals surface area contributed by atoms with E-state index in [9.17, 15) is 9.36 Å². The Balaban J connectivity index is 1.91. The second kappa shape index (κ2) is 7.73. The minimum Gasteiger partial charge on any atom is -0.462 e. The van der Waals surface area contributed by atoms with Crippen LogP contribution in [0, 0.1) is 0 Å². The number of carbonyl (C=O) groups excluding carboxylic acids is 1. The number of rotatable bonds is 6. The van der Waals surface area contributed by atoms with Gasteiger partial charge in [-0.3, -0.25) is 4.52 Å². The molecular formula is C22H25O5P. The lowest BCUT2D eigenvalue weighted by atomic mass is 9.93. The third-order valence-electron chi connectivity index (χ3n) is 5.30. The van der Waals surface area contributed by atoms with E-state index in [0.717, 1.165) is 54.4 Å². The van der Waals surface area contributed by atoms with Crippen molar-refractivity contribution in [3.63, 3.8) is 0 Å². The fourth-order valence-electron chi connectivity index (χ4n) is 4.05. The average molecular weight is 400 g/mol. The van der Waals surface area contributed by atoms with Crippen LogP contribution in [0.3, 0.4) is 0 Å². The molecule has 0 saturated carbocycles. The van der Waals surface area contributed by atoms with Crippen LogP contribution in [0.25, 0.3) is 11.1 Å². The molecule has 0 amide bonds. The summed E-state index contributed by atoms with van der Waals surface area (Å²) in [6.45, 7) is 4.49. The van der Waals surface area contributed by atoms with E-state index in [0.29, 0.717) is 23.2 Å². The Morgan fingerprint density at radius 1 is 1.18 bits per heavy atom. The van der Waals surface area contributed by atoms with Crippen molar-refractivity contribution in [1.29, 1.82) is 0 Å². The van der Waals surface area contributed by atoms with E-state index < -0.39 is 7.60 Å². The quantitative estimate of drug-likeness (QED) is 0.386. The van der Waals surface area contributed by atoms with Crippen LogP contribution in [0.5, 0.6) is 5.75 Å². The van der Waals surface area contributed by atoms with Gasteiger partial charge in [0.05, 0.1) is 24.1 Å². The maximum atomic E-state index is 13.7. The average Bonchev–Trinajstić information content (AvgIpc) is 3.17. The Morgan fingerprint density at radius 3 is 2.75 bits per heavy atom. The first-order valence-electron chi connectivity index (χ1n) is 9.99. The molecule has 1 aliphatic carbocycles. The van der Waals surface area contributed by atoms with E-state index in [1.165, 1.54) is 0 Å². The van der Waals surface area contributed by atoms with E-state index >= 15 is 0 Å². The predicted molar refractivity (Wildman–Crippen MR) is 109 cm³/mol. The molecule has 1 unspecified atom stereocenters. The first kappa shape index (κ1) is 19.2. The van der Waals surface area contributed by atoms with Gasteiger partial charge in [0.1, 0.15) is 5.75 Å². The summed E-state index contributed by atoms with van der Waals surface area (Å²) in [5.74, 6) is 0.218. The number of benzene rings is 2. The van der Waals surface area contributed by atoms with Gasteiger partial charge in [-0.15, -0.1) is 0 Å². The van der Waals surface area contributed by atoms with Gasteiger partial charge < -0.3 is 9.26 Å². The van der Waals surface area contributed by atoms with Crippen molar-refractivity contribution in [2.75, 3.05) is 13.2 Å². The minimum absolute atomic E-state index is 0.256. The van der Waals surface area contributed by atoms with Crippen LogP contribution in [-0.2, 0) is 26.7 Å². The molecule has 0 spiro atoms. The summed E-state index contributed by atoms with van der Waals surface area (Å²) >= 11 is 0. The highest BCUT2D eigenvalue weighted by Crippen LogP contribution is 2.57. The Bertz CT molecular complexity index is 966. The molecular weight excluding hydrogens is 375 g/mol. The zero-order chi connectivity index (χ0) is 19.7. The molecule has 5 nitrogen and oxygen atoms in total. The molecule has 0 saturated heterocycles. The number of carbonyl (C=O) groups is 1. The summed E-state index contributed by atoms with van der Waals surface area (Å²) in [5, 5.41) is 0.483. The number of hydrogen-bond donors (Lipinski definition) is 0. The molecule has 0 radical (unpaired) electrons. The van der Waals surface area contributed by atoms with Gasteiger partial charge in [-0.2, -0.15) is 0 Å². The third-order valence-corrected chi connectivity index (χ3v) is 7.28. The summed E-state index contributed by atoms with van der Waals surface area (Å²) in [6.07, 6.45) is 4.41. The highest BCUT2D eigenvalue weighted by molar-refractivity contribution is 7.63. The SMILES string of the molecule is CCCCOC(=O)c1cc2c(c3c1CCC3)-c1ccccc1OP2(=O)OCC. The van der Waals surface area contributed by atoms with E-state index in [2.05, 4.69) is 6.92 Å². The van der Waals surface area contributed by atoms with Gasteiger partial charge in [0, 0.05) is 11.1 Å². The van der Waals surface area contributed by atoms with Gasteiger partial charge >= 0.3 is 13.6 Å². The Kier molecular flexibility index (Phi) is 5.31. The first-order chi connectivity index (χ1) is 13.6. The molecule has 28 heavy (non-hydrogen) atoms. The Labute approximate surface area is 165 Å². The number of hydrogen-bond acceptors (Lipinski definition) is 5. The highest BCUT2D eigenvalue weighted by Gasteiger charge is 2.41. The normalized spacial score (nSPS) is 19.4. The second-order valence-corrected chi connectivity index (χ2v) is 9.04. The monoisotopic (exact) mass is 400 g/mol. The standard InChI is InChI=1S/C22H25O5P/c1-3-5-13-25-22(23)18-14-20-21(16-11-8-10-15(16)18)17-9-6-7-12-19(17)27-28(20,24)26-4-2/h6-7,9,12,14H,3-5,8,10-11,13H2,1-2H3. The van der Waals surface area contributed by atoms with Crippen LogP contribution < -0.4 is 9.83 Å². The van der Waals surface area contributed by atoms with Gasteiger partial charge in [-0.1, -0.05) is 31.5 Å². The van der Waals surface area contributed by atoms with Crippen LogP contribution in [-0.4, -0.2) is 19.2 Å². The molecule has 1 aliphatic heterocycles. The molecule has 148 valence electrons.